The highest BCUT2D eigenvalue weighted by Gasteiger charge is 2.29. The Labute approximate surface area is 172 Å². The Bertz CT molecular complexity index is 1340. The van der Waals surface area contributed by atoms with E-state index in [9.17, 15) is 9.18 Å². The number of nitrogens with one attached hydrogen (secondary N) is 1. The quantitative estimate of drug-likeness (QED) is 0.553. The van der Waals surface area contributed by atoms with E-state index in [1.54, 1.807) is 27.6 Å². The van der Waals surface area contributed by atoms with Gasteiger partial charge in [-0.15, -0.1) is 0 Å². The summed E-state index contributed by atoms with van der Waals surface area (Å²) in [6.07, 6.45) is 8.64. The van der Waals surface area contributed by atoms with Crippen LogP contribution in [0, 0.1) is 12.7 Å². The molecule has 0 aliphatic carbocycles. The normalized spacial score (nSPS) is 18.9. The maximum atomic E-state index is 14.4. The van der Waals surface area contributed by atoms with Gasteiger partial charge in [0.05, 0.1) is 16.6 Å². The summed E-state index contributed by atoms with van der Waals surface area (Å²) >= 11 is 0. The van der Waals surface area contributed by atoms with Gasteiger partial charge in [-0.2, -0.15) is 0 Å². The maximum Gasteiger partial charge on any atom is 0.261 e. The van der Waals surface area contributed by atoms with Gasteiger partial charge in [-0.3, -0.25) is 4.79 Å². The maximum absolute atomic E-state index is 14.4. The number of fused-ring (bicyclic) bond motifs is 2. The van der Waals surface area contributed by atoms with Crippen LogP contribution in [-0.4, -0.2) is 36.0 Å². The zero-order valence-electron chi connectivity index (χ0n) is 17.2. The van der Waals surface area contributed by atoms with Crippen molar-refractivity contribution in [3.05, 3.63) is 58.8 Å². The molecule has 30 heavy (non-hydrogen) atoms. The Morgan fingerprint density at radius 1 is 1.27 bits per heavy atom. The molecular weight excluding hydrogens is 383 g/mol. The van der Waals surface area contributed by atoms with Gasteiger partial charge in [0.25, 0.3) is 5.56 Å². The fourth-order valence-electron chi connectivity index (χ4n) is 4.35. The summed E-state index contributed by atoms with van der Waals surface area (Å²) in [5, 5.41) is 3.95. The number of piperidine rings is 1. The van der Waals surface area contributed by atoms with E-state index in [1.807, 2.05) is 19.2 Å². The first-order valence-electron chi connectivity index (χ1n) is 10.1. The fraction of sp³-hybridized carbons (Fsp3) is 0.364. The number of aryl methyl sites for hydroxylation is 1. The molecule has 0 spiro atoms. The molecule has 8 heteroatoms. The number of pyridine rings is 2. The number of imidazole rings is 1. The van der Waals surface area contributed by atoms with Crippen molar-refractivity contribution >= 4 is 16.6 Å². The average molecular weight is 406 g/mol. The molecule has 1 aliphatic heterocycles. The molecule has 0 radical (unpaired) electrons. The summed E-state index contributed by atoms with van der Waals surface area (Å²) in [5.41, 5.74) is 1.98. The zero-order chi connectivity index (χ0) is 21.0. The number of rotatable bonds is 2. The SMILES string of the molecule is Cc1cn2cc(-c3ncc4c(=O)n([C@@H]5CCNC(C)(C)C5)ccc4n3)cc(F)c2n1. The Balaban J connectivity index is 1.57. The zero-order valence-corrected chi connectivity index (χ0v) is 17.2. The smallest absolute Gasteiger partial charge is 0.261 e. The lowest BCUT2D eigenvalue weighted by molar-refractivity contribution is 0.229. The summed E-state index contributed by atoms with van der Waals surface area (Å²) in [7, 11) is 0. The van der Waals surface area contributed by atoms with Crippen LogP contribution in [0.5, 0.6) is 0 Å². The molecule has 4 aromatic rings. The van der Waals surface area contributed by atoms with Crippen LogP contribution in [0.1, 0.15) is 38.4 Å². The van der Waals surface area contributed by atoms with E-state index in [0.29, 0.717) is 22.3 Å². The van der Waals surface area contributed by atoms with Crippen molar-refractivity contribution in [3.8, 4) is 11.4 Å². The van der Waals surface area contributed by atoms with Crippen molar-refractivity contribution in [3.63, 3.8) is 0 Å². The monoisotopic (exact) mass is 406 g/mol. The summed E-state index contributed by atoms with van der Waals surface area (Å²) in [6.45, 7) is 6.99. The van der Waals surface area contributed by atoms with Crippen LogP contribution in [-0.2, 0) is 0 Å². The average Bonchev–Trinajstić information content (AvgIpc) is 3.08. The standard InChI is InChI=1S/C22H23FN6O/c1-13-11-28-12-14(8-17(23)20(28)26-13)19-24-10-16-18(27-19)5-7-29(21(16)30)15-4-6-25-22(2,3)9-15/h5,7-8,10-12,15,25H,4,6,9H2,1-3H3/t15-/m1/s1. The molecule has 1 saturated heterocycles. The highest BCUT2D eigenvalue weighted by Crippen LogP contribution is 2.27. The molecule has 0 amide bonds. The van der Waals surface area contributed by atoms with Crippen LogP contribution in [0.25, 0.3) is 27.9 Å². The van der Waals surface area contributed by atoms with Gasteiger partial charge in [-0.05, 0) is 52.3 Å². The van der Waals surface area contributed by atoms with Crippen molar-refractivity contribution < 1.29 is 4.39 Å². The van der Waals surface area contributed by atoms with Crippen molar-refractivity contribution in [1.29, 1.82) is 0 Å². The summed E-state index contributed by atoms with van der Waals surface area (Å²) in [5.74, 6) is -0.0666. The number of nitrogens with zero attached hydrogens (tertiary/aromatic N) is 5. The Morgan fingerprint density at radius 3 is 2.90 bits per heavy atom. The Hall–Kier alpha value is -3.13. The van der Waals surface area contributed by atoms with Gasteiger partial charge in [-0.1, -0.05) is 0 Å². The van der Waals surface area contributed by atoms with Crippen LogP contribution in [0.4, 0.5) is 4.39 Å². The van der Waals surface area contributed by atoms with Crippen molar-refractivity contribution in [2.75, 3.05) is 6.54 Å². The van der Waals surface area contributed by atoms with Gasteiger partial charge in [0.2, 0.25) is 0 Å². The van der Waals surface area contributed by atoms with Gasteiger partial charge in [0, 0.05) is 41.9 Å². The second kappa shape index (κ2) is 6.70. The van der Waals surface area contributed by atoms with Crippen molar-refractivity contribution in [2.24, 2.45) is 0 Å². The van der Waals surface area contributed by atoms with E-state index in [4.69, 9.17) is 0 Å². The molecule has 1 atom stereocenters. The highest BCUT2D eigenvalue weighted by molar-refractivity contribution is 5.78. The van der Waals surface area contributed by atoms with Gasteiger partial charge < -0.3 is 14.3 Å². The molecular formula is C22H23FN6O. The topological polar surface area (TPSA) is 77.1 Å². The summed E-state index contributed by atoms with van der Waals surface area (Å²) in [4.78, 5) is 26.2. The van der Waals surface area contributed by atoms with Gasteiger partial charge >= 0.3 is 0 Å². The first kappa shape index (κ1) is 18.9. The first-order chi connectivity index (χ1) is 14.3. The molecule has 1 fully saturated rings. The fourth-order valence-corrected chi connectivity index (χ4v) is 4.35. The molecule has 0 bridgehead atoms. The minimum absolute atomic E-state index is 0.00787. The Morgan fingerprint density at radius 2 is 2.10 bits per heavy atom. The third kappa shape index (κ3) is 3.17. The molecule has 4 aromatic heterocycles. The Kier molecular flexibility index (Phi) is 4.21. The first-order valence-corrected chi connectivity index (χ1v) is 10.1. The van der Waals surface area contributed by atoms with Crippen molar-refractivity contribution in [2.45, 2.75) is 45.2 Å². The van der Waals surface area contributed by atoms with Crippen molar-refractivity contribution in [1.82, 2.24) is 29.2 Å². The van der Waals surface area contributed by atoms with E-state index >= 15 is 0 Å². The van der Waals surface area contributed by atoms with E-state index < -0.39 is 5.82 Å². The lowest BCUT2D eigenvalue weighted by atomic mass is 9.89. The molecule has 0 saturated carbocycles. The second-order valence-electron chi connectivity index (χ2n) is 8.67. The van der Waals surface area contributed by atoms with Crippen LogP contribution in [0.15, 0.2) is 41.7 Å². The largest absolute Gasteiger partial charge is 0.312 e. The molecule has 1 aliphatic rings. The van der Waals surface area contributed by atoms with Crippen LogP contribution >= 0.6 is 0 Å². The summed E-state index contributed by atoms with van der Waals surface area (Å²) < 4.78 is 17.9. The third-order valence-electron chi connectivity index (χ3n) is 5.78. The highest BCUT2D eigenvalue weighted by atomic mass is 19.1. The predicted octanol–water partition coefficient (Wildman–Crippen LogP) is 3.26. The molecule has 0 aromatic carbocycles. The summed E-state index contributed by atoms with van der Waals surface area (Å²) in [6, 6.07) is 3.35. The van der Waals surface area contributed by atoms with Crippen LogP contribution < -0.4 is 10.9 Å². The van der Waals surface area contributed by atoms with Gasteiger partial charge in [-0.25, -0.2) is 19.3 Å². The van der Waals surface area contributed by atoms with E-state index in [0.717, 1.165) is 25.1 Å². The number of hydrogen-bond donors (Lipinski definition) is 1. The van der Waals surface area contributed by atoms with E-state index in [2.05, 4.69) is 34.1 Å². The lowest BCUT2D eigenvalue weighted by Crippen LogP contribution is -2.47. The minimum atomic E-state index is -0.437. The molecule has 7 nitrogen and oxygen atoms in total. The molecule has 5 heterocycles. The lowest BCUT2D eigenvalue weighted by Gasteiger charge is -2.37. The third-order valence-corrected chi connectivity index (χ3v) is 5.78. The second-order valence-corrected chi connectivity index (χ2v) is 8.67. The van der Waals surface area contributed by atoms with E-state index in [1.165, 1.54) is 6.07 Å². The molecule has 5 rings (SSSR count). The number of hydrogen-bond acceptors (Lipinski definition) is 5. The number of aromatic nitrogens is 5. The minimum Gasteiger partial charge on any atom is -0.312 e. The van der Waals surface area contributed by atoms with Gasteiger partial charge in [0.1, 0.15) is 0 Å². The van der Waals surface area contributed by atoms with E-state index in [-0.39, 0.29) is 22.8 Å². The van der Waals surface area contributed by atoms with Crippen LogP contribution in [0.3, 0.4) is 0 Å². The molecule has 1 N–H and O–H groups in total. The van der Waals surface area contributed by atoms with Gasteiger partial charge in [0.15, 0.2) is 17.3 Å². The van der Waals surface area contributed by atoms with Crippen LogP contribution in [0.2, 0.25) is 0 Å². The predicted molar refractivity (Wildman–Crippen MR) is 113 cm³/mol. The molecule has 0 unspecified atom stereocenters. The number of halogens is 1. The molecule has 154 valence electrons.